The van der Waals surface area contributed by atoms with Crippen LogP contribution in [0.4, 0.5) is 0 Å². The average Bonchev–Trinajstić information content (AvgIpc) is 1.52. The summed E-state index contributed by atoms with van der Waals surface area (Å²) in [5.74, 6) is 1.00. The molecule has 22 aromatic rings. The van der Waals surface area contributed by atoms with Gasteiger partial charge in [-0.3, -0.25) is 9.97 Å². The van der Waals surface area contributed by atoms with Gasteiger partial charge in [-0.1, -0.05) is 317 Å². The number of aromatic nitrogens is 8. The van der Waals surface area contributed by atoms with Crippen molar-refractivity contribution in [3.63, 3.8) is 0 Å². The number of para-hydroxylation sites is 2. The molecule has 8 aliphatic rings. The minimum atomic E-state index is -0.919. The number of nitrogens with zero attached hydrogens (tertiary/aromatic N) is 8. The van der Waals surface area contributed by atoms with E-state index in [2.05, 4.69) is 402 Å². The van der Waals surface area contributed by atoms with Gasteiger partial charge >= 0.3 is 79.2 Å². The normalized spacial score (nSPS) is 18.9. The molecule has 0 spiro atoms. The molecule has 10 nitrogen and oxygen atoms in total. The predicted molar refractivity (Wildman–Crippen MR) is 608 cm³/mol. The molecule has 0 N–H and O–H groups in total. The van der Waals surface area contributed by atoms with Crippen LogP contribution in [-0.2, 0) is 90.0 Å². The molecule has 0 amide bonds. The van der Waals surface area contributed by atoms with Crippen molar-refractivity contribution in [2.24, 2.45) is 10.8 Å². The molecule has 0 saturated heterocycles. The van der Waals surface area contributed by atoms with Gasteiger partial charge in [-0.15, -0.1) is 36.4 Å². The molecule has 8 aromatic heterocycles. The maximum atomic E-state index is 6.40. The Balaban J connectivity index is 0.000000108. The quantitative estimate of drug-likeness (QED) is 0.0963. The molecular weight excluding hydrogens is 2590 g/mol. The van der Waals surface area contributed by atoms with Crippen LogP contribution >= 0.6 is 31.7 Å². The van der Waals surface area contributed by atoms with Gasteiger partial charge in [-0.05, 0) is 190 Å². The minimum Gasteiger partial charge on any atom is -0.573 e. The van der Waals surface area contributed by atoms with E-state index in [1.807, 2.05) is 42.5 Å². The Labute approximate surface area is 920 Å². The molecule has 4 aliphatic carbocycles. The zero-order valence-corrected chi connectivity index (χ0v) is 97.6. The van der Waals surface area contributed by atoms with Gasteiger partial charge in [0.25, 0.3) is 0 Å². The van der Waals surface area contributed by atoms with Crippen molar-refractivity contribution in [2.45, 2.75) is 89.9 Å². The van der Waals surface area contributed by atoms with E-state index in [4.69, 9.17) is 49.2 Å². The van der Waals surface area contributed by atoms with Crippen LogP contribution in [0, 0.1) is 23.0 Å². The molecular formula is C130H104N8O2Os4P4+4. The molecule has 8 unspecified atom stereocenters. The summed E-state index contributed by atoms with van der Waals surface area (Å²) in [5.41, 5.74) is 41.4. The smallest absolute Gasteiger partial charge is 0.573 e. The van der Waals surface area contributed by atoms with E-state index in [1.54, 1.807) is 0 Å². The maximum Gasteiger partial charge on any atom is 1.00 e. The third kappa shape index (κ3) is 15.6. The molecule has 4 bridgehead atoms. The van der Waals surface area contributed by atoms with Crippen molar-refractivity contribution < 1.29 is 88.0 Å². The number of hydrogen-bond acceptors (Lipinski definition) is 8. The first kappa shape index (κ1) is 99.3. The van der Waals surface area contributed by atoms with E-state index in [0.717, 1.165) is 123 Å². The van der Waals surface area contributed by atoms with E-state index in [1.165, 1.54) is 169 Å². The summed E-state index contributed by atoms with van der Waals surface area (Å²) in [5, 5.41) is 35.4. The number of hydrogen-bond donors (Lipinski definition) is 0. The molecule has 30 rings (SSSR count). The Morgan fingerprint density at radius 1 is 0.277 bits per heavy atom. The molecule has 148 heavy (non-hydrogen) atoms. The summed E-state index contributed by atoms with van der Waals surface area (Å²) in [6.07, 6.45) is 4.83. The molecule has 724 valence electrons. The van der Waals surface area contributed by atoms with Crippen molar-refractivity contribution in [3.8, 4) is 157 Å². The number of rotatable bonds is 10. The third-order valence-corrected chi connectivity index (χ3v) is 44.2. The fourth-order valence-corrected chi connectivity index (χ4v) is 35.9. The van der Waals surface area contributed by atoms with Crippen LogP contribution in [0.15, 0.2) is 373 Å². The summed E-state index contributed by atoms with van der Waals surface area (Å²) < 4.78 is 12.6. The molecule has 4 radical (unpaired) electrons. The monoisotopic (exact) mass is 2700 g/mol. The first-order valence-corrected chi connectivity index (χ1v) is 58.5. The summed E-state index contributed by atoms with van der Waals surface area (Å²) in [4.78, 5) is 21.1. The summed E-state index contributed by atoms with van der Waals surface area (Å²) >= 11 is 0. The summed E-state index contributed by atoms with van der Waals surface area (Å²) in [7, 11) is -3.48. The van der Waals surface area contributed by atoms with Crippen molar-refractivity contribution in [2.75, 3.05) is 26.7 Å². The van der Waals surface area contributed by atoms with Gasteiger partial charge in [0.05, 0.1) is 104 Å². The van der Waals surface area contributed by atoms with Gasteiger partial charge in [-0.25, -0.2) is 9.97 Å². The van der Waals surface area contributed by atoms with Crippen LogP contribution in [0.5, 0.6) is 0 Å². The number of fused-ring (bicyclic) bond motifs is 28. The second-order valence-electron chi connectivity index (χ2n) is 41.7. The van der Waals surface area contributed by atoms with Crippen molar-refractivity contribution in [1.82, 2.24) is 40.3 Å². The zero-order chi connectivity index (χ0) is 96.9. The second-order valence-corrected chi connectivity index (χ2v) is 50.8. The Kier molecular flexibility index (Phi) is 26.0. The second kappa shape index (κ2) is 38.8. The van der Waals surface area contributed by atoms with E-state index in [0.29, 0.717) is 11.8 Å². The van der Waals surface area contributed by atoms with Crippen LogP contribution in [0.3, 0.4) is 0 Å². The maximum absolute atomic E-state index is 6.40. The molecule has 4 aliphatic heterocycles. The topological polar surface area (TPSA) is 132 Å². The van der Waals surface area contributed by atoms with Gasteiger partial charge in [0, 0.05) is 99.8 Å². The third-order valence-electron chi connectivity index (χ3n) is 34.1. The zero-order valence-electron chi connectivity index (χ0n) is 83.4. The van der Waals surface area contributed by atoms with Crippen LogP contribution in [-0.4, -0.2) is 56.8 Å². The number of pyridine rings is 4. The Morgan fingerprint density at radius 2 is 0.574 bits per heavy atom. The first-order valence-electron chi connectivity index (χ1n) is 50.5. The molecule has 12 heterocycles. The van der Waals surface area contributed by atoms with Gasteiger partial charge in [0.1, 0.15) is 53.6 Å². The fourth-order valence-electron chi connectivity index (χ4n) is 26.0. The molecule has 2 fully saturated rings. The van der Waals surface area contributed by atoms with Crippen LogP contribution < -0.4 is 52.6 Å². The van der Waals surface area contributed by atoms with Crippen molar-refractivity contribution in [1.29, 1.82) is 0 Å². The van der Waals surface area contributed by atoms with Gasteiger partial charge in [0.15, 0.2) is 0 Å². The van der Waals surface area contributed by atoms with Crippen LogP contribution in [0.25, 0.3) is 201 Å². The van der Waals surface area contributed by atoms with E-state index in [9.17, 15) is 0 Å². The molecule has 14 aromatic carbocycles. The Hall–Kier alpha value is -12.0. The minimum absolute atomic E-state index is 0. The van der Waals surface area contributed by atoms with E-state index < -0.39 is 31.7 Å². The first-order chi connectivity index (χ1) is 70.3. The van der Waals surface area contributed by atoms with Gasteiger partial charge in [-0.2, -0.15) is 0 Å². The van der Waals surface area contributed by atoms with Crippen LogP contribution in [0.2, 0.25) is 0 Å². The number of benzene rings is 14. The summed E-state index contributed by atoms with van der Waals surface area (Å²) in [6, 6.07) is 136. The SMILES string of the molecule is C[PH+]1c2ccccc2-c2cccc(-c3cc(-c4ccccc4)cc(-c4[c-]ccc5c4oc4ccccc45)n3)c21.C[PH+]1c2ccccc2-c2cccc(-c3cc(-c4ccccc4)cc(-c4[n-]nc5c4C4CCC5(C)C4(C)C)n3)c21.C[PH+]1c2ccccc2-c2cccc(-c3cccc(-c4[c-]ccc5c4oc4ccccc45)n3)c21.C[PH+]1c2ccccc2-c2cccc(-c3cccc(-c4[n-]nc5c4C4CCC5(C)C4(C)C)n3)c21.[Os+].[Os+].[Os+].[Os+]. The Morgan fingerprint density at radius 3 is 0.986 bits per heavy atom. The van der Waals surface area contributed by atoms with Crippen molar-refractivity contribution in [3.05, 3.63) is 399 Å². The average molecular weight is 2700 g/mol. The Bertz CT molecular complexity index is 9070. The van der Waals surface area contributed by atoms with Gasteiger partial charge < -0.3 is 29.2 Å². The van der Waals surface area contributed by atoms with Gasteiger partial charge in [0.2, 0.25) is 0 Å². The summed E-state index contributed by atoms with van der Waals surface area (Å²) in [6.45, 7) is 24.1. The predicted octanol–water partition coefficient (Wildman–Crippen LogP) is 28.5. The molecule has 18 heteroatoms. The number of furan rings is 2. The van der Waals surface area contributed by atoms with Crippen molar-refractivity contribution >= 4 is 118 Å². The standard InChI is InChI=1S/C36H23NOP.C35H31N3P.C30H19NOP.C29H27N3P.4Os/c1-39-34-20-8-6-14-26(34)28-16-10-18-30(36(28)39)32-22-24(23-11-3-2-4-12-23)21-31(37-32)29-17-9-15-27-25-13-5-7-19-33(25)38-35(27)29;1-34(2)26-17-18-35(34,3)33-30(26)31(37-38-33)28-20-22(21-11-6-5-7-12-21)19-27(36-28)25-15-10-14-24-23-13-8-9-16-29(23)39(4)32(24)25;1-33-28-18-5-3-10-20(28)22-12-7-14-24(30(22)33)26-16-8-15-25(31-26)23-13-6-11-21-19-9-2-4-17-27(19)32-29(21)23;1-28(2)20-15-16-29(28,3)27-24(20)25(31-32-27)22-13-8-12-21(30-22)19-11-7-10-18-17-9-5-6-14-23(17)33(4)26(18)19;;;;/h2-16,18-22H,1H3;5-16,19-20,26H,17-18H2,1-4H3;2-12,14-18H,1H3;5-14,20H,15-16H2,1-4H3;;;;/q4*-1;4*+1/p+4. The molecule has 8 atom stereocenters. The van der Waals surface area contributed by atoms with E-state index >= 15 is 0 Å². The molecule has 2 saturated carbocycles. The largest absolute Gasteiger partial charge is 1.00 e. The van der Waals surface area contributed by atoms with E-state index in [-0.39, 0.29) is 101 Å². The fraction of sp³-hybridized carbons (Fsp3) is 0.154. The van der Waals surface area contributed by atoms with Crippen LogP contribution in [0.1, 0.15) is 102 Å².